The van der Waals surface area contributed by atoms with Crippen LogP contribution < -0.4 is 5.32 Å². The smallest absolute Gasteiger partial charge is 0.377 e. The third kappa shape index (κ3) is 3.24. The molecular weight excluding hydrogens is 262 g/mol. The highest BCUT2D eigenvalue weighted by Crippen LogP contribution is 2.31. The van der Waals surface area contributed by atoms with E-state index < -0.39 is 17.6 Å². The van der Waals surface area contributed by atoms with Crippen LogP contribution in [-0.4, -0.2) is 9.78 Å². The zero-order valence-electron chi connectivity index (χ0n) is 10.0. The molecule has 0 radical (unpaired) electrons. The predicted molar refractivity (Wildman–Crippen MR) is 61.9 cm³/mol. The number of nitrogens with one attached hydrogen (secondary N) is 1. The summed E-state index contributed by atoms with van der Waals surface area (Å²) < 4.78 is 52.1. The number of hydrogen-bond acceptors (Lipinski definition) is 2. The molecule has 2 aromatic rings. The van der Waals surface area contributed by atoms with Crippen LogP contribution in [0, 0.1) is 5.82 Å². The molecule has 0 spiro atoms. The van der Waals surface area contributed by atoms with Crippen LogP contribution in [0.25, 0.3) is 0 Å². The van der Waals surface area contributed by atoms with E-state index in [1.165, 1.54) is 0 Å². The Hall–Kier alpha value is -2.05. The van der Waals surface area contributed by atoms with Gasteiger partial charge >= 0.3 is 6.18 Å². The number of aryl methyl sites for hydroxylation is 1. The van der Waals surface area contributed by atoms with E-state index in [0.717, 1.165) is 12.1 Å². The lowest BCUT2D eigenvalue weighted by Crippen LogP contribution is -2.07. The van der Waals surface area contributed by atoms with Gasteiger partial charge in [-0.2, -0.15) is 18.3 Å². The van der Waals surface area contributed by atoms with E-state index in [2.05, 4.69) is 10.4 Å². The second kappa shape index (κ2) is 4.91. The summed E-state index contributed by atoms with van der Waals surface area (Å²) in [6, 6.07) is 4.11. The molecule has 3 nitrogen and oxygen atoms in total. The largest absolute Gasteiger partial charge is 0.416 e. The number of rotatable bonds is 3. The van der Waals surface area contributed by atoms with Crippen molar-refractivity contribution in [2.45, 2.75) is 12.7 Å². The fourth-order valence-electron chi connectivity index (χ4n) is 1.58. The molecule has 0 aliphatic heterocycles. The average molecular weight is 273 g/mol. The van der Waals surface area contributed by atoms with E-state index >= 15 is 0 Å². The van der Waals surface area contributed by atoms with Crippen molar-refractivity contribution in [3.05, 3.63) is 47.5 Å². The van der Waals surface area contributed by atoms with Gasteiger partial charge in [-0.1, -0.05) is 0 Å². The summed E-state index contributed by atoms with van der Waals surface area (Å²) in [5.41, 5.74) is -0.325. The lowest BCUT2D eigenvalue weighted by molar-refractivity contribution is -0.137. The molecule has 0 bridgehead atoms. The zero-order valence-corrected chi connectivity index (χ0v) is 10.0. The minimum Gasteiger partial charge on any atom is -0.377 e. The molecule has 0 saturated carbocycles. The second-order valence-electron chi connectivity index (χ2n) is 4.03. The molecule has 1 aromatic heterocycles. The highest BCUT2D eigenvalue weighted by molar-refractivity contribution is 5.47. The molecule has 1 aromatic carbocycles. The van der Waals surface area contributed by atoms with Crippen LogP contribution in [0.15, 0.2) is 30.5 Å². The Balaban J connectivity index is 2.09. The Morgan fingerprint density at radius 2 is 2.00 bits per heavy atom. The summed E-state index contributed by atoms with van der Waals surface area (Å²) in [7, 11) is 1.74. The molecule has 0 atom stereocenters. The topological polar surface area (TPSA) is 29.9 Å². The number of aromatic nitrogens is 2. The molecule has 1 heterocycles. The van der Waals surface area contributed by atoms with E-state index in [9.17, 15) is 17.6 Å². The second-order valence-corrected chi connectivity index (χ2v) is 4.03. The summed E-state index contributed by atoms with van der Waals surface area (Å²) in [6.07, 6.45) is -2.82. The first-order valence-electron chi connectivity index (χ1n) is 5.45. The summed E-state index contributed by atoms with van der Waals surface area (Å²) in [4.78, 5) is 0. The van der Waals surface area contributed by atoms with Crippen molar-refractivity contribution in [2.24, 2.45) is 7.05 Å². The summed E-state index contributed by atoms with van der Waals surface area (Å²) in [6.45, 7) is 0.239. The molecule has 102 valence electrons. The van der Waals surface area contributed by atoms with Gasteiger partial charge in [-0.15, -0.1) is 0 Å². The first-order chi connectivity index (χ1) is 8.86. The quantitative estimate of drug-likeness (QED) is 0.870. The van der Waals surface area contributed by atoms with Crippen molar-refractivity contribution in [3.8, 4) is 0 Å². The number of alkyl halides is 3. The molecule has 2 rings (SSSR count). The van der Waals surface area contributed by atoms with Crippen LogP contribution in [-0.2, 0) is 19.8 Å². The van der Waals surface area contributed by atoms with Crippen molar-refractivity contribution in [2.75, 3.05) is 5.32 Å². The molecule has 0 saturated heterocycles. The lowest BCUT2D eigenvalue weighted by Gasteiger charge is -2.10. The maximum absolute atomic E-state index is 13.5. The summed E-state index contributed by atoms with van der Waals surface area (Å²) in [5, 5.41) is 6.77. The van der Waals surface area contributed by atoms with Crippen LogP contribution in [0.1, 0.15) is 11.3 Å². The molecule has 0 aliphatic carbocycles. The minimum absolute atomic E-state index is 0.0126. The molecular formula is C12H11F4N3. The minimum atomic E-state index is -4.54. The fourth-order valence-corrected chi connectivity index (χ4v) is 1.58. The number of benzene rings is 1. The first kappa shape index (κ1) is 13.4. The van der Waals surface area contributed by atoms with Crippen LogP contribution >= 0.6 is 0 Å². The number of nitrogens with zero attached hydrogens (tertiary/aromatic N) is 2. The zero-order chi connectivity index (χ0) is 14.0. The monoisotopic (exact) mass is 273 g/mol. The fraction of sp³-hybridized carbons (Fsp3) is 0.250. The number of anilines is 1. The highest BCUT2D eigenvalue weighted by Gasteiger charge is 2.31. The summed E-state index contributed by atoms with van der Waals surface area (Å²) in [5.74, 6) is -0.939. The number of hydrogen-bond donors (Lipinski definition) is 1. The first-order valence-corrected chi connectivity index (χ1v) is 5.45. The molecule has 7 heteroatoms. The molecule has 0 unspecified atom stereocenters. The standard InChI is InChI=1S/C12H11F4N3/c1-19-5-4-9(18-19)7-17-11-3-2-8(6-10(11)13)12(14,15)16/h2-6,17H,7H2,1H3. The Morgan fingerprint density at radius 3 is 2.53 bits per heavy atom. The van der Waals surface area contributed by atoms with E-state index in [0.29, 0.717) is 11.8 Å². The van der Waals surface area contributed by atoms with Gasteiger partial charge in [-0.25, -0.2) is 4.39 Å². The van der Waals surface area contributed by atoms with Crippen LogP contribution in [0.5, 0.6) is 0 Å². The SMILES string of the molecule is Cn1ccc(CNc2ccc(C(F)(F)F)cc2F)n1. The predicted octanol–water partition coefficient (Wildman–Crippen LogP) is 3.19. The van der Waals surface area contributed by atoms with Crippen molar-refractivity contribution in [1.82, 2.24) is 9.78 Å². The molecule has 19 heavy (non-hydrogen) atoms. The van der Waals surface area contributed by atoms with Gasteiger partial charge in [-0.05, 0) is 24.3 Å². The van der Waals surface area contributed by atoms with Gasteiger partial charge in [0.05, 0.1) is 23.5 Å². The van der Waals surface area contributed by atoms with Gasteiger partial charge in [0.25, 0.3) is 0 Å². The Bertz CT molecular complexity index is 575. The Labute approximate surface area is 106 Å². The van der Waals surface area contributed by atoms with Crippen LogP contribution in [0.4, 0.5) is 23.2 Å². The van der Waals surface area contributed by atoms with Gasteiger partial charge in [-0.3, -0.25) is 4.68 Å². The lowest BCUT2D eigenvalue weighted by atomic mass is 10.2. The van der Waals surface area contributed by atoms with Crippen molar-refractivity contribution < 1.29 is 17.6 Å². The van der Waals surface area contributed by atoms with E-state index in [1.54, 1.807) is 24.0 Å². The Kier molecular flexibility index (Phi) is 3.46. The van der Waals surface area contributed by atoms with Gasteiger partial charge in [0.1, 0.15) is 5.82 Å². The van der Waals surface area contributed by atoms with Crippen molar-refractivity contribution in [3.63, 3.8) is 0 Å². The normalized spacial score (nSPS) is 11.6. The Morgan fingerprint density at radius 1 is 1.26 bits per heavy atom. The van der Waals surface area contributed by atoms with Crippen LogP contribution in [0.2, 0.25) is 0 Å². The summed E-state index contributed by atoms with van der Waals surface area (Å²) >= 11 is 0. The van der Waals surface area contributed by atoms with Crippen molar-refractivity contribution >= 4 is 5.69 Å². The maximum Gasteiger partial charge on any atom is 0.416 e. The van der Waals surface area contributed by atoms with Crippen molar-refractivity contribution in [1.29, 1.82) is 0 Å². The molecule has 0 aliphatic rings. The van der Waals surface area contributed by atoms with Gasteiger partial charge in [0, 0.05) is 13.2 Å². The average Bonchev–Trinajstić information content (AvgIpc) is 2.72. The molecule has 0 amide bonds. The van der Waals surface area contributed by atoms with E-state index in [1.807, 2.05) is 0 Å². The van der Waals surface area contributed by atoms with Gasteiger partial charge in [0.15, 0.2) is 0 Å². The van der Waals surface area contributed by atoms with Crippen LogP contribution in [0.3, 0.4) is 0 Å². The maximum atomic E-state index is 13.5. The van der Waals surface area contributed by atoms with Gasteiger partial charge < -0.3 is 5.32 Å². The highest BCUT2D eigenvalue weighted by atomic mass is 19.4. The molecule has 0 fully saturated rings. The number of halogens is 4. The third-order valence-corrected chi connectivity index (χ3v) is 2.53. The third-order valence-electron chi connectivity index (χ3n) is 2.53. The van der Waals surface area contributed by atoms with E-state index in [-0.39, 0.29) is 12.2 Å². The van der Waals surface area contributed by atoms with Gasteiger partial charge in [0.2, 0.25) is 0 Å². The van der Waals surface area contributed by atoms with E-state index in [4.69, 9.17) is 0 Å². The molecule has 1 N–H and O–H groups in total.